The molecule has 4 rings (SSSR count). The molecule has 0 amide bonds. The number of rotatable bonds is 10. The van der Waals surface area contributed by atoms with Gasteiger partial charge in [0, 0.05) is 26.5 Å². The molecular weight excluding hydrogens is 613 g/mol. The number of hydrogen-bond acceptors (Lipinski definition) is 5. The summed E-state index contributed by atoms with van der Waals surface area (Å²) in [7, 11) is 0. The van der Waals surface area contributed by atoms with Crippen molar-refractivity contribution in [3.63, 3.8) is 0 Å². The molecule has 0 N–H and O–H groups in total. The van der Waals surface area contributed by atoms with Crippen molar-refractivity contribution >= 4 is 67.9 Å². The average Bonchev–Trinajstić information content (AvgIpc) is 2.88. The highest BCUT2D eigenvalue weighted by molar-refractivity contribution is 9.10. The minimum absolute atomic E-state index is 0.178. The number of fused-ring (bicyclic) bond motifs is 1. The molecule has 1 aromatic heterocycles. The Morgan fingerprint density at radius 1 is 1.03 bits per heavy atom. The van der Waals surface area contributed by atoms with Gasteiger partial charge in [-0.15, -0.1) is 0 Å². The predicted octanol–water partition coefficient (Wildman–Crippen LogP) is 8.32. The summed E-state index contributed by atoms with van der Waals surface area (Å²) in [5, 5.41) is 6.37. The topological polar surface area (TPSA) is 65.7 Å². The van der Waals surface area contributed by atoms with E-state index in [1.165, 1.54) is 4.68 Å². The minimum Gasteiger partial charge on any atom is -0.490 e. The maximum absolute atomic E-state index is 13.3. The Bertz CT molecular complexity index is 1560. The van der Waals surface area contributed by atoms with E-state index >= 15 is 0 Å². The van der Waals surface area contributed by atoms with E-state index in [1.807, 2.05) is 19.1 Å². The first-order chi connectivity index (χ1) is 18.3. The number of benzene rings is 3. The third kappa shape index (κ3) is 6.70. The van der Waals surface area contributed by atoms with Crippen molar-refractivity contribution in [3.05, 3.63) is 95.4 Å². The lowest BCUT2D eigenvalue weighted by Gasteiger charge is -2.15. The zero-order valence-electron chi connectivity index (χ0n) is 20.8. The van der Waals surface area contributed by atoms with Crippen molar-refractivity contribution in [1.29, 1.82) is 0 Å². The Labute approximate surface area is 244 Å². The number of ether oxygens (including phenoxy) is 2. The van der Waals surface area contributed by atoms with Crippen molar-refractivity contribution in [2.75, 3.05) is 6.61 Å². The molecular formula is C28H25BrCl3N3O3. The Kier molecular flexibility index (Phi) is 9.71. The van der Waals surface area contributed by atoms with Gasteiger partial charge in [0.15, 0.2) is 11.5 Å². The zero-order chi connectivity index (χ0) is 27.2. The molecule has 0 spiro atoms. The molecule has 38 heavy (non-hydrogen) atoms. The van der Waals surface area contributed by atoms with Gasteiger partial charge >= 0.3 is 0 Å². The van der Waals surface area contributed by atoms with E-state index in [1.54, 1.807) is 42.6 Å². The molecule has 4 aromatic rings. The van der Waals surface area contributed by atoms with Crippen molar-refractivity contribution in [2.45, 2.75) is 39.7 Å². The molecule has 0 unspecified atom stereocenters. The van der Waals surface area contributed by atoms with Crippen molar-refractivity contribution < 1.29 is 9.47 Å². The normalized spacial score (nSPS) is 11.4. The van der Waals surface area contributed by atoms with E-state index in [4.69, 9.17) is 49.3 Å². The van der Waals surface area contributed by atoms with E-state index in [2.05, 4.69) is 28.0 Å². The number of nitrogens with zero attached hydrogens (tertiary/aromatic N) is 3. The number of unbranched alkanes of at least 4 members (excludes halogenated alkanes) is 1. The Balaban J connectivity index is 1.69. The molecule has 1 heterocycles. The Hall–Kier alpha value is -2.58. The fourth-order valence-corrected chi connectivity index (χ4v) is 4.89. The number of aromatic nitrogens is 2. The number of aryl methyl sites for hydroxylation is 1. The van der Waals surface area contributed by atoms with Crippen LogP contribution in [0.3, 0.4) is 0 Å². The van der Waals surface area contributed by atoms with Crippen LogP contribution in [0.2, 0.25) is 15.1 Å². The van der Waals surface area contributed by atoms with E-state index in [0.29, 0.717) is 61.9 Å². The standard InChI is InChI=1S/C28H25BrCl3N3O3/c1-3-5-6-26-34-24-10-8-19(29)13-21(24)28(36)35(26)33-15-17-11-23(32)27(25(12-17)37-4-2)38-16-18-7-9-20(30)14-22(18)31/h7-15H,3-6,16H2,1-2H3. The molecule has 198 valence electrons. The van der Waals surface area contributed by atoms with Crippen LogP contribution < -0.4 is 15.0 Å². The van der Waals surface area contributed by atoms with Crippen molar-refractivity contribution in [1.82, 2.24) is 9.66 Å². The van der Waals surface area contributed by atoms with Gasteiger partial charge in [-0.05, 0) is 61.4 Å². The van der Waals surface area contributed by atoms with Gasteiger partial charge in [-0.25, -0.2) is 4.98 Å². The summed E-state index contributed by atoms with van der Waals surface area (Å²) in [4.78, 5) is 18.1. The molecule has 0 saturated carbocycles. The molecule has 0 saturated heterocycles. The minimum atomic E-state index is -0.241. The largest absolute Gasteiger partial charge is 0.490 e. The van der Waals surface area contributed by atoms with E-state index in [-0.39, 0.29) is 12.2 Å². The summed E-state index contributed by atoms with van der Waals surface area (Å²) < 4.78 is 13.9. The lowest BCUT2D eigenvalue weighted by molar-refractivity contribution is 0.269. The highest BCUT2D eigenvalue weighted by Crippen LogP contribution is 2.37. The summed E-state index contributed by atoms with van der Waals surface area (Å²) in [6, 6.07) is 14.1. The van der Waals surface area contributed by atoms with Gasteiger partial charge < -0.3 is 9.47 Å². The lowest BCUT2D eigenvalue weighted by atomic mass is 10.2. The molecule has 3 aromatic carbocycles. The molecule has 10 heteroatoms. The third-order valence-electron chi connectivity index (χ3n) is 5.67. The lowest BCUT2D eigenvalue weighted by Crippen LogP contribution is -2.22. The zero-order valence-corrected chi connectivity index (χ0v) is 24.7. The van der Waals surface area contributed by atoms with Crippen LogP contribution in [-0.2, 0) is 13.0 Å². The fourth-order valence-electron chi connectivity index (χ4n) is 3.79. The molecule has 0 fully saturated rings. The van der Waals surface area contributed by atoms with Gasteiger partial charge in [-0.2, -0.15) is 9.78 Å². The summed E-state index contributed by atoms with van der Waals surface area (Å²) >= 11 is 22.3. The molecule has 0 aliphatic heterocycles. The first kappa shape index (κ1) is 28.4. The van der Waals surface area contributed by atoms with Crippen molar-refractivity contribution in [2.24, 2.45) is 5.10 Å². The van der Waals surface area contributed by atoms with Crippen LogP contribution in [-0.4, -0.2) is 22.5 Å². The first-order valence-corrected chi connectivity index (χ1v) is 14.0. The van der Waals surface area contributed by atoms with Gasteiger partial charge in [-0.3, -0.25) is 4.79 Å². The summed E-state index contributed by atoms with van der Waals surface area (Å²) in [5.41, 5.74) is 1.79. The number of halogens is 4. The maximum Gasteiger partial charge on any atom is 0.282 e. The van der Waals surface area contributed by atoms with Gasteiger partial charge in [0.1, 0.15) is 12.4 Å². The first-order valence-electron chi connectivity index (χ1n) is 12.1. The SMILES string of the molecule is CCCCc1nc2ccc(Br)cc2c(=O)n1N=Cc1cc(Cl)c(OCc2ccc(Cl)cc2Cl)c(OCC)c1. The number of hydrogen-bond donors (Lipinski definition) is 0. The van der Waals surface area contributed by atoms with Crippen LogP contribution >= 0.6 is 50.7 Å². The average molecular weight is 638 g/mol. The second-order valence-corrected chi connectivity index (χ2v) is 10.6. The quantitative estimate of drug-likeness (QED) is 0.164. The van der Waals surface area contributed by atoms with Crippen LogP contribution in [0.15, 0.2) is 62.9 Å². The van der Waals surface area contributed by atoms with Crippen LogP contribution in [0.25, 0.3) is 10.9 Å². The molecule has 0 aliphatic carbocycles. The van der Waals surface area contributed by atoms with E-state index < -0.39 is 0 Å². The van der Waals surface area contributed by atoms with Gasteiger partial charge in [-0.1, -0.05) is 70.1 Å². The monoisotopic (exact) mass is 635 g/mol. The summed E-state index contributed by atoms with van der Waals surface area (Å²) in [6.07, 6.45) is 4.04. The maximum atomic E-state index is 13.3. The Morgan fingerprint density at radius 3 is 2.58 bits per heavy atom. The van der Waals surface area contributed by atoms with Gasteiger partial charge in [0.05, 0.1) is 28.7 Å². The molecule has 6 nitrogen and oxygen atoms in total. The molecule has 0 bridgehead atoms. The molecule has 0 aliphatic rings. The van der Waals surface area contributed by atoms with E-state index in [0.717, 1.165) is 22.9 Å². The van der Waals surface area contributed by atoms with Crippen LogP contribution in [0.4, 0.5) is 0 Å². The second-order valence-electron chi connectivity index (χ2n) is 8.44. The highest BCUT2D eigenvalue weighted by atomic mass is 79.9. The van der Waals surface area contributed by atoms with Crippen molar-refractivity contribution in [3.8, 4) is 11.5 Å². The van der Waals surface area contributed by atoms with Gasteiger partial charge in [0.2, 0.25) is 0 Å². The van der Waals surface area contributed by atoms with Crippen LogP contribution in [0.5, 0.6) is 11.5 Å². The molecule has 0 atom stereocenters. The third-order valence-corrected chi connectivity index (χ3v) is 7.03. The Morgan fingerprint density at radius 2 is 1.84 bits per heavy atom. The van der Waals surface area contributed by atoms with Crippen LogP contribution in [0.1, 0.15) is 43.6 Å². The van der Waals surface area contributed by atoms with Gasteiger partial charge in [0.25, 0.3) is 5.56 Å². The summed E-state index contributed by atoms with van der Waals surface area (Å²) in [6.45, 7) is 4.54. The van der Waals surface area contributed by atoms with Crippen LogP contribution in [0, 0.1) is 0 Å². The highest BCUT2D eigenvalue weighted by Gasteiger charge is 2.15. The fraction of sp³-hybridized carbons (Fsp3) is 0.250. The van der Waals surface area contributed by atoms with E-state index in [9.17, 15) is 4.79 Å². The second kappa shape index (κ2) is 13.0. The molecule has 0 radical (unpaired) electrons. The smallest absolute Gasteiger partial charge is 0.282 e. The predicted molar refractivity (Wildman–Crippen MR) is 159 cm³/mol. The summed E-state index contributed by atoms with van der Waals surface area (Å²) in [5.74, 6) is 1.43.